The average molecular weight is 398 g/mol. The van der Waals surface area contributed by atoms with Gasteiger partial charge >= 0.3 is 0 Å². The molecular formula is C27H27NO2. The number of nitrogens with zero attached hydrogens (tertiary/aromatic N) is 1. The molecule has 0 radical (unpaired) electrons. The molecule has 0 spiro atoms. The SMILES string of the molecule is C(=C1CC1)[C@H](OCc1ccccc1)[C@H](/C=C/c1ccccn1)OCc1ccccc1. The Kier molecular flexibility index (Phi) is 7.21. The second-order valence-corrected chi connectivity index (χ2v) is 7.46. The van der Waals surface area contributed by atoms with Crippen molar-refractivity contribution in [2.75, 3.05) is 0 Å². The van der Waals surface area contributed by atoms with Crippen LogP contribution in [0.1, 0.15) is 29.7 Å². The topological polar surface area (TPSA) is 31.4 Å². The summed E-state index contributed by atoms with van der Waals surface area (Å²) < 4.78 is 12.7. The number of ether oxygens (including phenoxy) is 2. The van der Waals surface area contributed by atoms with Crippen molar-refractivity contribution in [1.29, 1.82) is 0 Å². The molecule has 2 aromatic carbocycles. The summed E-state index contributed by atoms with van der Waals surface area (Å²) in [6.07, 6.45) is 10.1. The summed E-state index contributed by atoms with van der Waals surface area (Å²) in [5, 5.41) is 0. The van der Waals surface area contributed by atoms with Gasteiger partial charge in [0.15, 0.2) is 0 Å². The van der Waals surface area contributed by atoms with E-state index in [2.05, 4.69) is 41.4 Å². The number of benzene rings is 2. The summed E-state index contributed by atoms with van der Waals surface area (Å²) in [5.41, 5.74) is 4.65. The van der Waals surface area contributed by atoms with Crippen LogP contribution in [0.2, 0.25) is 0 Å². The molecule has 1 heterocycles. The molecule has 1 saturated carbocycles. The Hall–Kier alpha value is -3.01. The van der Waals surface area contributed by atoms with Crippen molar-refractivity contribution in [2.24, 2.45) is 0 Å². The molecule has 0 N–H and O–H groups in total. The van der Waals surface area contributed by atoms with Gasteiger partial charge in [-0.2, -0.15) is 0 Å². The van der Waals surface area contributed by atoms with E-state index >= 15 is 0 Å². The van der Waals surface area contributed by atoms with Gasteiger partial charge in [0, 0.05) is 6.20 Å². The van der Waals surface area contributed by atoms with Gasteiger partial charge in [0.2, 0.25) is 0 Å². The molecule has 1 aliphatic rings. The Morgan fingerprint density at radius 2 is 1.33 bits per heavy atom. The van der Waals surface area contributed by atoms with Gasteiger partial charge in [-0.1, -0.05) is 84.5 Å². The Balaban J connectivity index is 1.51. The van der Waals surface area contributed by atoms with Gasteiger partial charge in [-0.15, -0.1) is 0 Å². The van der Waals surface area contributed by atoms with Gasteiger partial charge in [0.05, 0.1) is 18.9 Å². The van der Waals surface area contributed by atoms with E-state index in [0.29, 0.717) is 13.2 Å². The molecule has 3 heteroatoms. The molecule has 0 amide bonds. The second kappa shape index (κ2) is 10.7. The highest BCUT2D eigenvalue weighted by Gasteiger charge is 2.23. The van der Waals surface area contributed by atoms with E-state index in [0.717, 1.165) is 29.7 Å². The highest BCUT2D eigenvalue weighted by molar-refractivity contribution is 5.45. The molecule has 3 nitrogen and oxygen atoms in total. The van der Waals surface area contributed by atoms with E-state index in [-0.39, 0.29) is 12.2 Å². The maximum absolute atomic E-state index is 6.34. The van der Waals surface area contributed by atoms with Crippen LogP contribution in [0, 0.1) is 0 Å². The minimum atomic E-state index is -0.205. The third kappa shape index (κ3) is 6.51. The van der Waals surface area contributed by atoms with Crippen molar-refractivity contribution >= 4 is 6.08 Å². The van der Waals surface area contributed by atoms with Crippen molar-refractivity contribution < 1.29 is 9.47 Å². The van der Waals surface area contributed by atoms with Crippen LogP contribution < -0.4 is 0 Å². The smallest absolute Gasteiger partial charge is 0.106 e. The summed E-state index contributed by atoms with van der Waals surface area (Å²) >= 11 is 0. The molecule has 2 atom stereocenters. The third-order valence-electron chi connectivity index (χ3n) is 4.98. The molecule has 0 bridgehead atoms. The first-order chi connectivity index (χ1) is 14.9. The van der Waals surface area contributed by atoms with Crippen LogP contribution in [0.3, 0.4) is 0 Å². The molecule has 0 aliphatic heterocycles. The van der Waals surface area contributed by atoms with E-state index in [1.54, 1.807) is 6.20 Å². The van der Waals surface area contributed by atoms with Crippen LogP contribution in [-0.2, 0) is 22.7 Å². The number of aromatic nitrogens is 1. The summed E-state index contributed by atoms with van der Waals surface area (Å²) in [6.45, 7) is 1.09. The van der Waals surface area contributed by atoms with Crippen LogP contribution in [0.15, 0.2) is 103 Å². The highest BCUT2D eigenvalue weighted by Crippen LogP contribution is 2.30. The van der Waals surface area contributed by atoms with Gasteiger partial charge < -0.3 is 9.47 Å². The lowest BCUT2D eigenvalue weighted by atomic mass is 10.1. The second-order valence-electron chi connectivity index (χ2n) is 7.46. The number of hydrogen-bond acceptors (Lipinski definition) is 3. The predicted octanol–water partition coefficient (Wildman–Crippen LogP) is 5.99. The standard InChI is InChI=1S/C27H27NO2/c1-3-9-23(10-4-1)20-29-26(17-16-25-13-7-8-18-28-25)27(19-22-14-15-22)30-21-24-11-5-2-6-12-24/h1-13,16-19,26-27H,14-15,20-21H2/b17-16+/t26-,27-/m0/s1. The first-order valence-corrected chi connectivity index (χ1v) is 10.5. The minimum absolute atomic E-state index is 0.147. The van der Waals surface area contributed by atoms with E-state index in [9.17, 15) is 0 Å². The summed E-state index contributed by atoms with van der Waals surface area (Å²) in [4.78, 5) is 4.40. The summed E-state index contributed by atoms with van der Waals surface area (Å²) in [7, 11) is 0. The molecule has 3 aromatic rings. The van der Waals surface area contributed by atoms with Crippen LogP contribution in [0.4, 0.5) is 0 Å². The molecule has 30 heavy (non-hydrogen) atoms. The van der Waals surface area contributed by atoms with Crippen molar-refractivity contribution in [1.82, 2.24) is 4.98 Å². The molecular weight excluding hydrogens is 370 g/mol. The maximum Gasteiger partial charge on any atom is 0.106 e. The van der Waals surface area contributed by atoms with E-state index in [1.165, 1.54) is 5.57 Å². The van der Waals surface area contributed by atoms with E-state index in [1.807, 2.05) is 60.7 Å². The molecule has 1 aromatic heterocycles. The zero-order valence-electron chi connectivity index (χ0n) is 17.1. The first kappa shape index (κ1) is 20.3. The van der Waals surface area contributed by atoms with Crippen molar-refractivity contribution in [2.45, 2.75) is 38.3 Å². The normalized spacial score (nSPS) is 15.1. The Morgan fingerprint density at radius 1 is 0.733 bits per heavy atom. The third-order valence-corrected chi connectivity index (χ3v) is 4.98. The van der Waals surface area contributed by atoms with E-state index < -0.39 is 0 Å². The van der Waals surface area contributed by atoms with Gasteiger partial charge in [0.25, 0.3) is 0 Å². The molecule has 0 unspecified atom stereocenters. The lowest BCUT2D eigenvalue weighted by Gasteiger charge is -2.23. The van der Waals surface area contributed by atoms with Gasteiger partial charge in [-0.25, -0.2) is 0 Å². The van der Waals surface area contributed by atoms with Crippen molar-refractivity contribution in [3.05, 3.63) is 120 Å². The van der Waals surface area contributed by atoms with Gasteiger partial charge in [-0.3, -0.25) is 4.98 Å². The molecule has 1 aliphatic carbocycles. The maximum atomic E-state index is 6.34. The summed E-state index contributed by atoms with van der Waals surface area (Å²) in [5.74, 6) is 0. The van der Waals surface area contributed by atoms with Crippen molar-refractivity contribution in [3.63, 3.8) is 0 Å². The molecule has 4 rings (SSSR count). The van der Waals surface area contributed by atoms with Crippen LogP contribution in [0.25, 0.3) is 6.08 Å². The number of pyridine rings is 1. The largest absolute Gasteiger partial charge is 0.366 e. The lowest BCUT2D eigenvalue weighted by Crippen LogP contribution is -2.28. The number of rotatable bonds is 10. The Bertz CT molecular complexity index is 946. The summed E-state index contributed by atoms with van der Waals surface area (Å²) in [6, 6.07) is 26.4. The van der Waals surface area contributed by atoms with Gasteiger partial charge in [0.1, 0.15) is 12.2 Å². The molecule has 0 saturated heterocycles. The Labute approximate surface area is 178 Å². The first-order valence-electron chi connectivity index (χ1n) is 10.5. The monoisotopic (exact) mass is 397 g/mol. The highest BCUT2D eigenvalue weighted by atomic mass is 16.5. The van der Waals surface area contributed by atoms with Gasteiger partial charge in [-0.05, 0) is 42.2 Å². The molecule has 1 fully saturated rings. The average Bonchev–Trinajstić information content (AvgIpc) is 3.63. The zero-order valence-corrected chi connectivity index (χ0v) is 17.1. The molecule has 152 valence electrons. The zero-order chi connectivity index (χ0) is 20.4. The lowest BCUT2D eigenvalue weighted by molar-refractivity contribution is -0.0419. The van der Waals surface area contributed by atoms with Crippen LogP contribution in [-0.4, -0.2) is 17.2 Å². The van der Waals surface area contributed by atoms with Crippen LogP contribution >= 0.6 is 0 Å². The minimum Gasteiger partial charge on any atom is -0.366 e. The number of hydrogen-bond donors (Lipinski definition) is 0. The fourth-order valence-corrected chi connectivity index (χ4v) is 3.17. The van der Waals surface area contributed by atoms with Crippen LogP contribution in [0.5, 0.6) is 0 Å². The Morgan fingerprint density at radius 3 is 1.90 bits per heavy atom. The van der Waals surface area contributed by atoms with E-state index in [4.69, 9.17) is 9.47 Å². The fraction of sp³-hybridized carbons (Fsp3) is 0.222. The fourth-order valence-electron chi connectivity index (χ4n) is 3.17. The van der Waals surface area contributed by atoms with Crippen molar-refractivity contribution in [3.8, 4) is 0 Å². The quantitative estimate of drug-likeness (QED) is 0.394. The predicted molar refractivity (Wildman–Crippen MR) is 121 cm³/mol. The number of allylic oxidation sites excluding steroid dienone is 1.